The number of carbonyl (C=O) groups is 1. The summed E-state index contributed by atoms with van der Waals surface area (Å²) in [6, 6.07) is 0. The van der Waals surface area contributed by atoms with Gasteiger partial charge in [-0.25, -0.2) is 0 Å². The summed E-state index contributed by atoms with van der Waals surface area (Å²) in [7, 11) is 0. The number of carbonyl (C=O) groups excluding carboxylic acids is 1. The number of rotatable bonds is 0. The van der Waals surface area contributed by atoms with E-state index in [4.69, 9.17) is 5.53 Å². The molecule has 0 heterocycles. The van der Waals surface area contributed by atoms with Gasteiger partial charge < -0.3 is 5.53 Å². The van der Waals surface area contributed by atoms with E-state index in [9.17, 15) is 4.79 Å². The average molecular weight is 265 g/mol. The number of Topliss-reactive ketones (excluding diaryl/α,β-unsaturated/α-hetero) is 1. The number of fused-ring (bicyclic) bond motifs is 2. The Balaban J connectivity index is 0.00000112. The van der Waals surface area contributed by atoms with Crippen molar-refractivity contribution in [2.24, 2.45) is 10.8 Å². The molecule has 0 amide bonds. The van der Waals surface area contributed by atoms with E-state index in [0.717, 1.165) is 25.0 Å². The van der Waals surface area contributed by atoms with Crippen molar-refractivity contribution in [3.8, 4) is 0 Å². The van der Waals surface area contributed by atoms with E-state index < -0.39 is 0 Å². The van der Waals surface area contributed by atoms with E-state index in [1.165, 1.54) is 0 Å². The number of nitrogens with zero attached hydrogens (tertiary/aromatic N) is 2. The zero-order valence-electron chi connectivity index (χ0n) is 9.65. The van der Waals surface area contributed by atoms with Gasteiger partial charge in [-0.05, 0) is 17.3 Å². The smallest absolute Gasteiger partial charge is 0.269 e. The van der Waals surface area contributed by atoms with Crippen molar-refractivity contribution < 1.29 is 9.58 Å². The number of hydrogen-bond donors (Lipinski definition) is 0. The van der Waals surface area contributed by atoms with Gasteiger partial charge in [-0.1, -0.05) is 13.8 Å². The van der Waals surface area contributed by atoms with Crippen LogP contribution in [0.2, 0.25) is 0 Å². The Labute approximate surface area is 108 Å². The Morgan fingerprint density at radius 1 is 1.06 bits per heavy atom. The topological polar surface area (TPSA) is 53.5 Å². The fourth-order valence-corrected chi connectivity index (χ4v) is 3.54. The summed E-state index contributed by atoms with van der Waals surface area (Å²) >= 11 is 0. The van der Waals surface area contributed by atoms with Crippen LogP contribution in [0.3, 0.4) is 0 Å². The zero-order chi connectivity index (χ0) is 10.4. The van der Waals surface area contributed by atoms with Crippen LogP contribution in [0.15, 0.2) is 0 Å². The highest BCUT2D eigenvalue weighted by Gasteiger charge is 2.50. The third-order valence-corrected chi connectivity index (χ3v) is 3.50. The third-order valence-electron chi connectivity index (χ3n) is 3.50. The van der Waals surface area contributed by atoms with Gasteiger partial charge in [0.15, 0.2) is 0 Å². The summed E-state index contributed by atoms with van der Waals surface area (Å²) in [6.07, 6.45) is 3.96. The monoisotopic (exact) mass is 264 g/mol. The second-order valence-corrected chi connectivity index (χ2v) is 5.71. The predicted octanol–water partition coefficient (Wildman–Crippen LogP) is 3.06. The second kappa shape index (κ2) is 4.87. The minimum Gasteiger partial charge on any atom is -0.362 e. The molecule has 92 valence electrons. The average Bonchev–Trinajstić information content (AvgIpc) is 1.97. The van der Waals surface area contributed by atoms with Gasteiger partial charge in [0.2, 0.25) is 0 Å². The van der Waals surface area contributed by atoms with Crippen LogP contribution in [0.4, 0.5) is 0 Å². The molecule has 5 heteroatoms. The van der Waals surface area contributed by atoms with Crippen LogP contribution in [0.1, 0.15) is 46.0 Å². The standard InChI is InChI=1S/C11H16N2O.2ClH/c1-10-3-8(13-12)4-11(2,7-10)6-9(14)5-10;;/h3-7H2,1-2H3;2*1H. The fourth-order valence-electron chi connectivity index (χ4n) is 3.54. The highest BCUT2D eigenvalue weighted by Crippen LogP contribution is 2.52. The van der Waals surface area contributed by atoms with Crippen LogP contribution < -0.4 is 0 Å². The lowest BCUT2D eigenvalue weighted by Crippen LogP contribution is -2.44. The SMILES string of the molecule is CC12CC(=O)CC(C)(CC(=[N+]=[N-])C1)C2.Cl.Cl. The number of ketones is 1. The van der Waals surface area contributed by atoms with E-state index in [2.05, 4.69) is 18.6 Å². The van der Waals surface area contributed by atoms with E-state index in [1.54, 1.807) is 0 Å². The van der Waals surface area contributed by atoms with Crippen LogP contribution in [0.5, 0.6) is 0 Å². The van der Waals surface area contributed by atoms with Gasteiger partial charge in [0.1, 0.15) is 5.78 Å². The van der Waals surface area contributed by atoms with Crippen LogP contribution >= 0.6 is 24.8 Å². The first-order valence-corrected chi connectivity index (χ1v) is 5.16. The summed E-state index contributed by atoms with van der Waals surface area (Å²) in [4.78, 5) is 14.9. The van der Waals surface area contributed by atoms with Crippen molar-refractivity contribution in [3.63, 3.8) is 0 Å². The number of halogens is 2. The Bertz CT molecular complexity index is 328. The van der Waals surface area contributed by atoms with Crippen molar-refractivity contribution in [3.05, 3.63) is 5.53 Å². The van der Waals surface area contributed by atoms with Crippen LogP contribution in [-0.2, 0) is 4.79 Å². The lowest BCUT2D eigenvalue weighted by Gasteiger charge is -2.46. The largest absolute Gasteiger partial charge is 0.362 e. The summed E-state index contributed by atoms with van der Waals surface area (Å²) in [5, 5.41) is 0. The Morgan fingerprint density at radius 3 is 1.88 bits per heavy atom. The molecular weight excluding hydrogens is 247 g/mol. The third kappa shape index (κ3) is 2.85. The molecule has 0 aliphatic heterocycles. The van der Waals surface area contributed by atoms with Crippen LogP contribution in [0.25, 0.3) is 5.53 Å². The van der Waals surface area contributed by atoms with Crippen LogP contribution in [0, 0.1) is 10.8 Å². The lowest BCUT2D eigenvalue weighted by atomic mass is 9.55. The van der Waals surface area contributed by atoms with Gasteiger partial charge in [0, 0.05) is 12.8 Å². The highest BCUT2D eigenvalue weighted by molar-refractivity contribution is 5.88. The van der Waals surface area contributed by atoms with Crippen molar-refractivity contribution in [2.45, 2.75) is 46.0 Å². The molecule has 2 bridgehead atoms. The first kappa shape index (κ1) is 15.6. The van der Waals surface area contributed by atoms with E-state index in [-0.39, 0.29) is 35.6 Å². The van der Waals surface area contributed by atoms with Crippen molar-refractivity contribution in [1.82, 2.24) is 0 Å². The summed E-state index contributed by atoms with van der Waals surface area (Å²) < 4.78 is 0. The first-order valence-electron chi connectivity index (χ1n) is 5.16. The maximum absolute atomic E-state index is 11.6. The van der Waals surface area contributed by atoms with E-state index in [1.807, 2.05) is 0 Å². The summed E-state index contributed by atoms with van der Waals surface area (Å²) in [5.74, 6) is 0.373. The fraction of sp³-hybridized carbons (Fsp3) is 0.818. The molecule has 0 N–H and O–H groups in total. The van der Waals surface area contributed by atoms with Gasteiger partial charge in [0.25, 0.3) is 5.71 Å². The van der Waals surface area contributed by atoms with Crippen molar-refractivity contribution >= 4 is 36.3 Å². The van der Waals surface area contributed by atoms with Crippen LogP contribution in [-0.4, -0.2) is 16.3 Å². The molecule has 16 heavy (non-hydrogen) atoms. The van der Waals surface area contributed by atoms with Gasteiger partial charge in [-0.3, -0.25) is 4.79 Å². The molecule has 2 aliphatic rings. The molecule has 0 saturated heterocycles. The normalized spacial score (nSPS) is 36.9. The lowest BCUT2D eigenvalue weighted by molar-refractivity contribution is -0.129. The summed E-state index contributed by atoms with van der Waals surface area (Å²) in [6.45, 7) is 4.26. The maximum atomic E-state index is 11.6. The van der Waals surface area contributed by atoms with Crippen molar-refractivity contribution in [1.29, 1.82) is 0 Å². The molecule has 0 radical (unpaired) electrons. The Kier molecular flexibility index (Phi) is 4.75. The molecule has 0 aromatic heterocycles. The molecule has 2 saturated carbocycles. The van der Waals surface area contributed by atoms with Crippen molar-refractivity contribution in [2.75, 3.05) is 0 Å². The molecule has 0 aromatic rings. The highest BCUT2D eigenvalue weighted by atomic mass is 35.5. The first-order chi connectivity index (χ1) is 6.45. The Morgan fingerprint density at radius 2 is 1.50 bits per heavy atom. The zero-order valence-corrected chi connectivity index (χ0v) is 11.3. The molecule has 0 aromatic carbocycles. The van der Waals surface area contributed by atoms with E-state index >= 15 is 0 Å². The minimum absolute atomic E-state index is 0. The molecular formula is C11H18Cl2N2O. The molecule has 3 nitrogen and oxygen atoms in total. The molecule has 2 rings (SSSR count). The predicted molar refractivity (Wildman–Crippen MR) is 67.4 cm³/mol. The molecule has 2 aliphatic carbocycles. The van der Waals surface area contributed by atoms with Gasteiger partial charge in [0.05, 0.1) is 12.8 Å². The second-order valence-electron chi connectivity index (χ2n) is 5.71. The summed E-state index contributed by atoms with van der Waals surface area (Å²) in [5.41, 5.74) is 9.80. The van der Waals surface area contributed by atoms with E-state index in [0.29, 0.717) is 18.6 Å². The van der Waals surface area contributed by atoms with Gasteiger partial charge in [-0.15, -0.1) is 24.8 Å². The number of hydrogen-bond acceptors (Lipinski definition) is 1. The van der Waals surface area contributed by atoms with Gasteiger partial charge in [-0.2, -0.15) is 4.79 Å². The quantitative estimate of drug-likeness (QED) is 0.490. The molecule has 2 atom stereocenters. The molecule has 0 spiro atoms. The molecule has 2 fully saturated rings. The molecule has 2 unspecified atom stereocenters. The Hall–Kier alpha value is -0.370. The maximum Gasteiger partial charge on any atom is 0.269 e. The van der Waals surface area contributed by atoms with Gasteiger partial charge >= 0.3 is 0 Å². The minimum atomic E-state index is 0.